The van der Waals surface area contributed by atoms with Crippen molar-refractivity contribution in [1.82, 2.24) is 9.03 Å². The summed E-state index contributed by atoms with van der Waals surface area (Å²) in [7, 11) is 0. The zero-order valence-electron chi connectivity index (χ0n) is 22.8. The maximum absolute atomic E-state index is 14.3. The van der Waals surface area contributed by atoms with Gasteiger partial charge in [-0.1, -0.05) is 125 Å². The van der Waals surface area contributed by atoms with Crippen molar-refractivity contribution in [3.63, 3.8) is 0 Å². The average molecular weight is 528 g/mol. The van der Waals surface area contributed by atoms with Crippen LogP contribution >= 0.6 is 0 Å². The lowest BCUT2D eigenvalue weighted by molar-refractivity contribution is 0.828. The highest BCUT2D eigenvalue weighted by Gasteiger charge is 2.41. The Morgan fingerprint density at radius 1 is 0.537 bits per heavy atom. The fraction of sp³-hybridized carbons (Fsp3) is 0.0556. The summed E-state index contributed by atoms with van der Waals surface area (Å²) in [5, 5.41) is 0.548. The number of hydrogen-bond donors (Lipinski definition) is 0. The van der Waals surface area contributed by atoms with Crippen molar-refractivity contribution < 1.29 is 0 Å². The minimum Gasteiger partial charge on any atom is -0.268 e. The Kier molecular flexibility index (Phi) is 5.01. The minimum absolute atomic E-state index is 0.241. The number of rotatable bonds is 3. The van der Waals surface area contributed by atoms with E-state index in [0.717, 1.165) is 61.1 Å². The van der Waals surface area contributed by atoms with E-state index in [2.05, 4.69) is 62.4 Å². The van der Waals surface area contributed by atoms with Crippen LogP contribution in [0.1, 0.15) is 11.1 Å². The highest BCUT2D eigenvalue weighted by atomic mass is 16.2. The van der Waals surface area contributed by atoms with Crippen molar-refractivity contribution in [2.24, 2.45) is 0 Å². The van der Waals surface area contributed by atoms with Gasteiger partial charge in [0.2, 0.25) is 0 Å². The summed E-state index contributed by atoms with van der Waals surface area (Å²) in [6.07, 6.45) is 0. The van der Waals surface area contributed by atoms with Gasteiger partial charge in [0.25, 0.3) is 17.8 Å². The van der Waals surface area contributed by atoms with Gasteiger partial charge in [0.1, 0.15) is 0 Å². The topological polar surface area (TPSA) is 43.0 Å². The third-order valence-electron chi connectivity index (χ3n) is 8.65. The molecule has 5 aromatic carbocycles. The Hall–Kier alpha value is -5.16. The number of benzene rings is 5. The van der Waals surface area contributed by atoms with Crippen LogP contribution in [0.25, 0.3) is 44.4 Å². The first-order valence-electron chi connectivity index (χ1n) is 13.9. The lowest BCUT2D eigenvalue weighted by atomic mass is 9.37. The maximum atomic E-state index is 14.3. The maximum Gasteiger partial charge on any atom is 0.282 e. The number of aryl methyl sites for hydroxylation is 2. The van der Waals surface area contributed by atoms with E-state index in [-0.39, 0.29) is 17.8 Å². The summed E-state index contributed by atoms with van der Waals surface area (Å²) in [6.45, 7) is 4.01. The number of nitrogens with zero attached hydrogens (tertiary/aromatic N) is 2. The number of aromatic nitrogens is 2. The van der Waals surface area contributed by atoms with Crippen LogP contribution in [0.3, 0.4) is 0 Å². The Balaban J connectivity index is 1.39. The average Bonchev–Trinajstić information content (AvgIpc) is 3.60. The minimum atomic E-state index is -0.277. The van der Waals surface area contributed by atoms with Crippen LogP contribution in [0.5, 0.6) is 0 Å². The molecule has 194 valence electrons. The molecule has 7 aromatic rings. The van der Waals surface area contributed by atoms with Gasteiger partial charge in [-0.25, -0.2) is 4.52 Å². The highest BCUT2D eigenvalue weighted by molar-refractivity contribution is 6.99. The first kappa shape index (κ1) is 23.7. The van der Waals surface area contributed by atoms with Crippen LogP contribution in [-0.2, 0) is 0 Å². The van der Waals surface area contributed by atoms with E-state index in [1.807, 2.05) is 71.2 Å². The van der Waals surface area contributed by atoms with E-state index in [1.165, 1.54) is 4.52 Å². The number of hydrogen-bond acceptors (Lipinski definition) is 2. The lowest BCUT2D eigenvalue weighted by Crippen LogP contribution is -2.56. The molecule has 1 aliphatic heterocycles. The molecule has 0 radical (unpaired) electrons. The van der Waals surface area contributed by atoms with Crippen molar-refractivity contribution in [3.05, 3.63) is 147 Å². The van der Waals surface area contributed by atoms with Crippen molar-refractivity contribution in [1.29, 1.82) is 0 Å². The molecule has 1 aliphatic rings. The van der Waals surface area contributed by atoms with Gasteiger partial charge >= 0.3 is 0 Å². The summed E-state index contributed by atoms with van der Waals surface area (Å²) < 4.78 is 3.20. The first-order valence-corrected chi connectivity index (χ1v) is 13.9. The van der Waals surface area contributed by atoms with Crippen molar-refractivity contribution in [2.45, 2.75) is 13.8 Å². The standard InChI is InChI=1S/C36H25BN2O2/c1-22-19-27(25-13-7-4-8-14-25)20-23(2)32(22)37-30-16-10-9-15-28(30)34-33(37)36(41)39-35(40)29-21-26(17-18-31(29)38(34)39)24-11-5-3-6-12-24/h3-21H,1-2H3. The fourth-order valence-electron chi connectivity index (χ4n) is 6.91. The Labute approximate surface area is 237 Å². The molecule has 0 unspecified atom stereocenters. The van der Waals surface area contributed by atoms with E-state index >= 15 is 0 Å². The summed E-state index contributed by atoms with van der Waals surface area (Å²) in [4.78, 5) is 28.1. The molecule has 0 amide bonds. The third kappa shape index (κ3) is 3.29. The molecule has 8 rings (SSSR count). The zero-order chi connectivity index (χ0) is 27.8. The smallest absolute Gasteiger partial charge is 0.268 e. The summed E-state index contributed by atoms with van der Waals surface area (Å²) in [5.74, 6) is 0. The van der Waals surface area contributed by atoms with Crippen LogP contribution in [0.2, 0.25) is 0 Å². The second-order valence-electron chi connectivity index (χ2n) is 11.0. The molecule has 0 N–H and O–H groups in total. The summed E-state index contributed by atoms with van der Waals surface area (Å²) >= 11 is 0. The molecule has 0 fully saturated rings. The molecular formula is C36H25BN2O2. The molecule has 0 saturated heterocycles. The molecule has 3 heterocycles. The zero-order valence-corrected chi connectivity index (χ0v) is 22.8. The van der Waals surface area contributed by atoms with E-state index in [1.54, 1.807) is 0 Å². The van der Waals surface area contributed by atoms with Gasteiger partial charge in [0.05, 0.1) is 16.6 Å². The van der Waals surface area contributed by atoms with Crippen LogP contribution < -0.4 is 27.5 Å². The highest BCUT2D eigenvalue weighted by Crippen LogP contribution is 2.29. The molecule has 5 heteroatoms. The monoisotopic (exact) mass is 528 g/mol. The van der Waals surface area contributed by atoms with Crippen molar-refractivity contribution in [2.75, 3.05) is 0 Å². The predicted octanol–water partition coefficient (Wildman–Crippen LogP) is 4.80. The third-order valence-corrected chi connectivity index (χ3v) is 8.65. The van der Waals surface area contributed by atoms with Gasteiger partial charge in [-0.3, -0.25) is 9.59 Å². The van der Waals surface area contributed by atoms with E-state index in [4.69, 9.17) is 0 Å². The molecule has 0 atom stereocenters. The molecule has 2 aromatic heterocycles. The fourth-order valence-corrected chi connectivity index (χ4v) is 6.91. The van der Waals surface area contributed by atoms with Gasteiger partial charge in [0.15, 0.2) is 0 Å². The molecule has 41 heavy (non-hydrogen) atoms. The van der Waals surface area contributed by atoms with Crippen molar-refractivity contribution in [3.8, 4) is 33.5 Å². The molecular weight excluding hydrogens is 503 g/mol. The van der Waals surface area contributed by atoms with E-state index in [0.29, 0.717) is 10.8 Å². The van der Waals surface area contributed by atoms with E-state index in [9.17, 15) is 9.59 Å². The number of fused-ring (bicyclic) bond motifs is 7. The normalized spacial score (nSPS) is 12.3. The van der Waals surface area contributed by atoms with Crippen molar-refractivity contribution >= 4 is 34.0 Å². The van der Waals surface area contributed by atoms with Gasteiger partial charge in [-0.15, -0.1) is 0 Å². The molecule has 4 nitrogen and oxygen atoms in total. The van der Waals surface area contributed by atoms with Crippen LogP contribution in [0.4, 0.5) is 0 Å². The summed E-state index contributed by atoms with van der Waals surface area (Å²) in [5.41, 5.74) is 11.5. The SMILES string of the molecule is Cc1cc(-c2ccccc2)cc(C)c1B1c2ccccc2-c2c1c(=O)n1c(=O)c3cc(-c4ccccc4)ccc3n21. The van der Waals surface area contributed by atoms with Gasteiger partial charge in [0, 0.05) is 5.46 Å². The second-order valence-corrected chi connectivity index (χ2v) is 11.0. The van der Waals surface area contributed by atoms with Gasteiger partial charge in [-0.05, 0) is 53.8 Å². The van der Waals surface area contributed by atoms with Gasteiger partial charge < -0.3 is 0 Å². The Morgan fingerprint density at radius 3 is 1.83 bits per heavy atom. The largest absolute Gasteiger partial charge is 0.282 e. The van der Waals surface area contributed by atoms with Crippen LogP contribution in [0.15, 0.2) is 125 Å². The first-order chi connectivity index (χ1) is 20.0. The van der Waals surface area contributed by atoms with Crippen LogP contribution in [0, 0.1) is 13.8 Å². The quantitative estimate of drug-likeness (QED) is 0.310. The lowest BCUT2D eigenvalue weighted by Gasteiger charge is -2.18. The molecule has 0 spiro atoms. The molecule has 0 saturated carbocycles. The predicted molar refractivity (Wildman–Crippen MR) is 169 cm³/mol. The Bertz CT molecular complexity index is 2240. The summed E-state index contributed by atoms with van der Waals surface area (Å²) in [6, 6.07) is 38.9. The van der Waals surface area contributed by atoms with Crippen LogP contribution in [-0.4, -0.2) is 15.7 Å². The second kappa shape index (κ2) is 8.67. The van der Waals surface area contributed by atoms with E-state index < -0.39 is 0 Å². The Morgan fingerprint density at radius 2 is 1.15 bits per heavy atom. The van der Waals surface area contributed by atoms with Gasteiger partial charge in [-0.2, -0.15) is 4.52 Å². The molecule has 0 bridgehead atoms. The molecule has 0 aliphatic carbocycles.